The first-order valence-corrected chi connectivity index (χ1v) is 10.9. The number of carbonyl (C=O) groups excluding carboxylic acids is 3. The van der Waals surface area contributed by atoms with E-state index in [1.807, 2.05) is 70.9 Å². The third-order valence-corrected chi connectivity index (χ3v) is 4.48. The summed E-state index contributed by atoms with van der Waals surface area (Å²) in [5.74, 6) is -0.434. The van der Waals surface area contributed by atoms with Crippen molar-refractivity contribution in [2.24, 2.45) is 5.92 Å². The van der Waals surface area contributed by atoms with Gasteiger partial charge in [0.2, 0.25) is 0 Å². The number of ketones is 1. The zero-order valence-electron chi connectivity index (χ0n) is 19.7. The lowest BCUT2D eigenvalue weighted by molar-refractivity contribution is -0.0980. The van der Waals surface area contributed by atoms with Crippen molar-refractivity contribution in [1.29, 1.82) is 0 Å². The predicted octanol–water partition coefficient (Wildman–Crippen LogP) is 6.55. The van der Waals surface area contributed by atoms with Crippen molar-refractivity contribution in [3.63, 3.8) is 0 Å². The van der Waals surface area contributed by atoms with Gasteiger partial charge in [-0.2, -0.15) is 0 Å². The van der Waals surface area contributed by atoms with Crippen LogP contribution >= 0.6 is 0 Å². The SMILES string of the molecule is C=O.CC.CC(C)C(=O)c1cc(CNc2ccccc2)cc(C(=O)Nc2cccc(N)c2)c1.[HH].[HH].[HH]. The van der Waals surface area contributed by atoms with E-state index in [1.165, 1.54) is 0 Å². The van der Waals surface area contributed by atoms with Crippen LogP contribution < -0.4 is 16.4 Å². The number of para-hydroxylation sites is 1. The molecule has 3 aromatic carbocycles. The summed E-state index contributed by atoms with van der Waals surface area (Å²) in [7, 11) is 0. The highest BCUT2D eigenvalue weighted by Crippen LogP contribution is 2.19. The van der Waals surface area contributed by atoms with E-state index in [0.29, 0.717) is 29.0 Å². The first-order valence-electron chi connectivity index (χ1n) is 10.9. The molecule has 4 N–H and O–H groups in total. The number of amides is 1. The second-order valence-corrected chi connectivity index (χ2v) is 7.24. The van der Waals surface area contributed by atoms with Gasteiger partial charge in [0.25, 0.3) is 5.91 Å². The number of nitrogens with two attached hydrogens (primary N) is 1. The largest absolute Gasteiger partial charge is 0.399 e. The number of Topliss-reactive ketones (excluding diaryl/α,β-unsaturated/α-hetero) is 1. The minimum atomic E-state index is -0.282. The summed E-state index contributed by atoms with van der Waals surface area (Å²) in [6.07, 6.45) is 0. The molecule has 0 spiro atoms. The Hall–Kier alpha value is -3.93. The van der Waals surface area contributed by atoms with Gasteiger partial charge in [-0.3, -0.25) is 9.59 Å². The van der Waals surface area contributed by atoms with E-state index in [1.54, 1.807) is 36.4 Å². The van der Waals surface area contributed by atoms with Gasteiger partial charge in [0.05, 0.1) is 0 Å². The number of hydrogen-bond acceptors (Lipinski definition) is 5. The van der Waals surface area contributed by atoms with Gasteiger partial charge < -0.3 is 21.2 Å². The third kappa shape index (κ3) is 8.61. The van der Waals surface area contributed by atoms with Crippen molar-refractivity contribution in [2.75, 3.05) is 16.4 Å². The fourth-order valence-corrected chi connectivity index (χ4v) is 2.98. The van der Waals surface area contributed by atoms with Crippen LogP contribution in [0.2, 0.25) is 0 Å². The fraction of sp³-hybridized carbons (Fsp3) is 0.222. The fourth-order valence-electron chi connectivity index (χ4n) is 2.98. The van der Waals surface area contributed by atoms with Crippen LogP contribution in [0.4, 0.5) is 17.1 Å². The van der Waals surface area contributed by atoms with Crippen molar-refractivity contribution in [1.82, 2.24) is 0 Å². The van der Waals surface area contributed by atoms with Crippen LogP contribution in [0.1, 0.15) is 58.3 Å². The first-order chi connectivity index (χ1) is 15.9. The molecule has 0 aliphatic carbocycles. The molecule has 0 saturated heterocycles. The summed E-state index contributed by atoms with van der Waals surface area (Å²) in [5.41, 5.74) is 9.76. The molecule has 0 heterocycles. The van der Waals surface area contributed by atoms with Crippen molar-refractivity contribution >= 4 is 35.5 Å². The average molecular weight is 454 g/mol. The lowest BCUT2D eigenvalue weighted by atomic mass is 9.96. The van der Waals surface area contributed by atoms with Crippen molar-refractivity contribution < 1.29 is 18.7 Å². The predicted molar refractivity (Wildman–Crippen MR) is 143 cm³/mol. The Morgan fingerprint density at radius 3 is 2.09 bits per heavy atom. The monoisotopic (exact) mass is 453 g/mol. The highest BCUT2D eigenvalue weighted by molar-refractivity contribution is 6.07. The quantitative estimate of drug-likeness (QED) is 0.278. The van der Waals surface area contributed by atoms with E-state index in [2.05, 4.69) is 10.6 Å². The molecule has 0 aromatic heterocycles. The summed E-state index contributed by atoms with van der Waals surface area (Å²) in [5, 5.41) is 6.16. The molecule has 3 aromatic rings. The minimum Gasteiger partial charge on any atom is -0.399 e. The molecule has 33 heavy (non-hydrogen) atoms. The van der Waals surface area contributed by atoms with E-state index in [0.717, 1.165) is 11.3 Å². The molecule has 180 valence electrons. The topological polar surface area (TPSA) is 101 Å². The van der Waals surface area contributed by atoms with Gasteiger partial charge in [-0.05, 0) is 54.1 Å². The maximum Gasteiger partial charge on any atom is 0.255 e. The lowest BCUT2D eigenvalue weighted by Crippen LogP contribution is -2.15. The molecule has 0 unspecified atom stereocenters. The van der Waals surface area contributed by atoms with E-state index < -0.39 is 0 Å². The summed E-state index contributed by atoms with van der Waals surface area (Å²) in [6.45, 7) is 10.2. The summed E-state index contributed by atoms with van der Waals surface area (Å²) >= 11 is 0. The van der Waals surface area contributed by atoms with E-state index in [4.69, 9.17) is 10.5 Å². The van der Waals surface area contributed by atoms with Gasteiger partial charge >= 0.3 is 0 Å². The van der Waals surface area contributed by atoms with E-state index >= 15 is 0 Å². The number of hydrogen-bond donors (Lipinski definition) is 3. The standard InChI is InChI=1S/C24H25N3O2.C2H6.CH2O.3H2/c1-16(2)23(28)18-11-17(15-26-21-8-4-3-5-9-21)12-19(13-18)24(29)27-22-10-6-7-20(25)14-22;2*1-2;;;/h3-14,16,26H,15,25H2,1-2H3,(H,27,29);1-2H3;1H2;3*1H. The minimum absolute atomic E-state index is 0. The van der Waals surface area contributed by atoms with Crippen LogP contribution in [0.15, 0.2) is 72.8 Å². The molecular weight excluding hydrogens is 414 g/mol. The Balaban J connectivity index is -0.00000148. The van der Waals surface area contributed by atoms with Crippen molar-refractivity contribution in [3.05, 3.63) is 89.5 Å². The molecule has 0 atom stereocenters. The van der Waals surface area contributed by atoms with E-state index in [-0.39, 0.29) is 21.9 Å². The Kier molecular flexibility index (Phi) is 11.7. The van der Waals surface area contributed by atoms with Crippen molar-refractivity contribution in [3.8, 4) is 0 Å². The van der Waals surface area contributed by atoms with Gasteiger partial charge in [-0.15, -0.1) is 0 Å². The van der Waals surface area contributed by atoms with Crippen LogP contribution in [-0.2, 0) is 11.3 Å². The van der Waals surface area contributed by atoms with Crippen LogP contribution in [0, 0.1) is 5.92 Å². The zero-order chi connectivity index (χ0) is 24.8. The van der Waals surface area contributed by atoms with Gasteiger partial charge in [-0.1, -0.05) is 52.0 Å². The molecule has 3 rings (SSSR count). The highest BCUT2D eigenvalue weighted by Gasteiger charge is 2.16. The van der Waals surface area contributed by atoms with Crippen molar-refractivity contribution in [2.45, 2.75) is 34.2 Å². The molecule has 0 radical (unpaired) electrons. The van der Waals surface area contributed by atoms with Crippen LogP contribution in [0.3, 0.4) is 0 Å². The number of benzene rings is 3. The zero-order valence-corrected chi connectivity index (χ0v) is 19.7. The molecule has 6 nitrogen and oxygen atoms in total. The molecule has 1 amide bonds. The molecule has 0 saturated carbocycles. The lowest BCUT2D eigenvalue weighted by Gasteiger charge is -2.13. The van der Waals surface area contributed by atoms with Crippen LogP contribution in [-0.4, -0.2) is 18.5 Å². The van der Waals surface area contributed by atoms with Crippen LogP contribution in [0.5, 0.6) is 0 Å². The summed E-state index contributed by atoms with van der Waals surface area (Å²) in [6, 6.07) is 22.1. The number of anilines is 3. The number of rotatable bonds is 7. The first kappa shape index (κ1) is 27.1. The molecule has 6 heteroatoms. The molecule has 0 aliphatic heterocycles. The summed E-state index contributed by atoms with van der Waals surface area (Å²) < 4.78 is 0. The van der Waals surface area contributed by atoms with Gasteiger partial charge in [0.15, 0.2) is 5.78 Å². The molecule has 0 aliphatic rings. The van der Waals surface area contributed by atoms with Crippen LogP contribution in [0.25, 0.3) is 0 Å². The smallest absolute Gasteiger partial charge is 0.255 e. The Bertz CT molecular complexity index is 1050. The number of nitrogens with one attached hydrogen (secondary N) is 2. The van der Waals surface area contributed by atoms with Gasteiger partial charge in [0, 0.05) is 44.9 Å². The second-order valence-electron chi connectivity index (χ2n) is 7.24. The van der Waals surface area contributed by atoms with Gasteiger partial charge in [-0.25, -0.2) is 0 Å². The number of nitrogen functional groups attached to an aromatic ring is 1. The third-order valence-electron chi connectivity index (χ3n) is 4.48. The maximum absolute atomic E-state index is 12.8. The molecule has 0 bridgehead atoms. The van der Waals surface area contributed by atoms with Gasteiger partial charge in [0.1, 0.15) is 6.79 Å². The average Bonchev–Trinajstić information content (AvgIpc) is 2.85. The maximum atomic E-state index is 12.8. The Morgan fingerprint density at radius 1 is 0.879 bits per heavy atom. The molecular formula is C27H39N3O3. The normalized spacial score (nSPS) is 9.61. The Morgan fingerprint density at radius 2 is 1.48 bits per heavy atom. The number of carbonyl (C=O) groups is 3. The molecule has 0 fully saturated rings. The van der Waals surface area contributed by atoms with E-state index in [9.17, 15) is 9.59 Å². The Labute approximate surface area is 200 Å². The second kappa shape index (κ2) is 14.2. The summed E-state index contributed by atoms with van der Waals surface area (Å²) in [4.78, 5) is 33.4. The highest BCUT2D eigenvalue weighted by atomic mass is 16.1.